The smallest absolute Gasteiger partial charge is 0.354 e. The minimum Gasteiger partial charge on any atom is -0.354 e. The van der Waals surface area contributed by atoms with E-state index in [1.165, 1.54) is 11.0 Å². The second-order valence-corrected chi connectivity index (χ2v) is 9.06. The zero-order chi connectivity index (χ0) is 23.0. The Hall–Kier alpha value is -2.58. The number of likely N-dealkylation sites (N-methyl/N-ethyl adjacent to an activating group) is 1. The van der Waals surface area contributed by atoms with Crippen LogP contribution in [0.25, 0.3) is 0 Å². The first-order valence-corrected chi connectivity index (χ1v) is 10.4. The van der Waals surface area contributed by atoms with Crippen molar-refractivity contribution in [3.8, 4) is 0 Å². The molecule has 1 spiro atoms. The number of alkyl halides is 3. The Morgan fingerprint density at radius 3 is 2.32 bits per heavy atom. The average molecular weight is 439 g/mol. The number of benzene rings is 1. The third-order valence-corrected chi connectivity index (χ3v) is 6.48. The van der Waals surface area contributed by atoms with Crippen molar-refractivity contribution in [2.45, 2.75) is 63.1 Å². The number of carbonyl (C=O) groups excluding carboxylic acids is 3. The van der Waals surface area contributed by atoms with Gasteiger partial charge in [0.05, 0.1) is 5.56 Å². The molecule has 1 saturated carbocycles. The second-order valence-electron chi connectivity index (χ2n) is 9.06. The molecule has 0 bridgehead atoms. The van der Waals surface area contributed by atoms with Crippen molar-refractivity contribution in [2.24, 2.45) is 0 Å². The molecule has 4 amide bonds. The van der Waals surface area contributed by atoms with Gasteiger partial charge in [-0.1, -0.05) is 51.3 Å². The summed E-state index contributed by atoms with van der Waals surface area (Å²) in [7, 11) is 1.60. The van der Waals surface area contributed by atoms with Crippen molar-refractivity contribution in [3.05, 3.63) is 35.4 Å². The standard InChI is InChI=1S/C22H28F3N3O3/c1-20(2,15-8-7-9-16(12-15)22(23,24)25)14-26-17(29)13-28-18(30)21(27(3)19(28)31)10-5-4-6-11-21/h7-9,12H,4-6,10-11,13-14H2,1-3H3,(H,26,29). The molecule has 0 atom stereocenters. The Morgan fingerprint density at radius 2 is 1.71 bits per heavy atom. The molecule has 1 heterocycles. The minimum absolute atomic E-state index is 0.0599. The molecule has 1 aromatic carbocycles. The highest BCUT2D eigenvalue weighted by Crippen LogP contribution is 2.39. The van der Waals surface area contributed by atoms with Gasteiger partial charge in [-0.25, -0.2) is 4.79 Å². The number of carbonyl (C=O) groups is 3. The fourth-order valence-electron chi connectivity index (χ4n) is 4.41. The van der Waals surface area contributed by atoms with Crippen LogP contribution in [0.5, 0.6) is 0 Å². The summed E-state index contributed by atoms with van der Waals surface area (Å²) >= 11 is 0. The van der Waals surface area contributed by atoms with Crippen molar-refractivity contribution in [2.75, 3.05) is 20.1 Å². The Kier molecular flexibility index (Phi) is 6.08. The molecule has 6 nitrogen and oxygen atoms in total. The summed E-state index contributed by atoms with van der Waals surface area (Å²) in [4.78, 5) is 40.5. The molecule has 1 saturated heterocycles. The quantitative estimate of drug-likeness (QED) is 0.712. The maximum Gasteiger partial charge on any atom is 0.416 e. The zero-order valence-corrected chi connectivity index (χ0v) is 18.0. The summed E-state index contributed by atoms with van der Waals surface area (Å²) in [5.41, 5.74) is -1.96. The van der Waals surface area contributed by atoms with Crippen LogP contribution in [0, 0.1) is 0 Å². The first-order chi connectivity index (χ1) is 14.4. The van der Waals surface area contributed by atoms with Gasteiger partial charge in [-0.15, -0.1) is 0 Å². The fourth-order valence-corrected chi connectivity index (χ4v) is 4.41. The van der Waals surface area contributed by atoms with E-state index in [4.69, 9.17) is 0 Å². The molecule has 0 radical (unpaired) electrons. The van der Waals surface area contributed by atoms with Crippen LogP contribution in [0.15, 0.2) is 24.3 Å². The molecule has 2 aliphatic rings. The molecule has 0 aromatic heterocycles. The lowest BCUT2D eigenvalue weighted by molar-refractivity contribution is -0.137. The van der Waals surface area contributed by atoms with Gasteiger partial charge < -0.3 is 10.2 Å². The third-order valence-electron chi connectivity index (χ3n) is 6.48. The SMILES string of the molecule is CN1C(=O)N(CC(=O)NCC(C)(C)c2cccc(C(F)(F)F)c2)C(=O)C12CCCCC2. The Labute approximate surface area is 179 Å². The number of rotatable bonds is 5. The van der Waals surface area contributed by atoms with E-state index in [2.05, 4.69) is 5.32 Å². The van der Waals surface area contributed by atoms with E-state index in [9.17, 15) is 27.6 Å². The van der Waals surface area contributed by atoms with Crippen LogP contribution in [-0.4, -0.2) is 53.3 Å². The minimum atomic E-state index is -4.45. The molecular weight excluding hydrogens is 411 g/mol. The molecule has 170 valence electrons. The Bertz CT molecular complexity index is 876. The van der Waals surface area contributed by atoms with E-state index < -0.39 is 41.2 Å². The summed E-state index contributed by atoms with van der Waals surface area (Å²) in [5, 5.41) is 2.67. The van der Waals surface area contributed by atoms with Crippen LogP contribution in [0.2, 0.25) is 0 Å². The molecule has 31 heavy (non-hydrogen) atoms. The van der Waals surface area contributed by atoms with Crippen LogP contribution in [-0.2, 0) is 21.2 Å². The first kappa shape index (κ1) is 23.1. The number of imide groups is 1. The monoisotopic (exact) mass is 439 g/mol. The van der Waals surface area contributed by atoms with Crippen LogP contribution >= 0.6 is 0 Å². The van der Waals surface area contributed by atoms with Gasteiger partial charge in [0, 0.05) is 19.0 Å². The van der Waals surface area contributed by atoms with Gasteiger partial charge in [-0.05, 0) is 24.5 Å². The largest absolute Gasteiger partial charge is 0.416 e. The van der Waals surface area contributed by atoms with Gasteiger partial charge in [0.25, 0.3) is 5.91 Å². The molecule has 3 rings (SSSR count). The number of nitrogens with zero attached hydrogens (tertiary/aromatic N) is 2. The van der Waals surface area contributed by atoms with Crippen molar-refractivity contribution in [1.29, 1.82) is 0 Å². The molecule has 1 aliphatic carbocycles. The lowest BCUT2D eigenvalue weighted by Crippen LogP contribution is -2.49. The molecule has 0 unspecified atom stereocenters. The van der Waals surface area contributed by atoms with Gasteiger partial charge >= 0.3 is 12.2 Å². The van der Waals surface area contributed by atoms with E-state index >= 15 is 0 Å². The van der Waals surface area contributed by atoms with Crippen LogP contribution < -0.4 is 5.32 Å². The topological polar surface area (TPSA) is 69.7 Å². The van der Waals surface area contributed by atoms with Crippen LogP contribution in [0.4, 0.5) is 18.0 Å². The Morgan fingerprint density at radius 1 is 1.10 bits per heavy atom. The van der Waals surface area contributed by atoms with Crippen molar-refractivity contribution < 1.29 is 27.6 Å². The van der Waals surface area contributed by atoms with Gasteiger partial charge in [-0.2, -0.15) is 13.2 Å². The van der Waals surface area contributed by atoms with E-state index in [1.807, 2.05) is 0 Å². The summed E-state index contributed by atoms with van der Waals surface area (Å²) in [6, 6.07) is 4.50. The number of halogens is 3. The van der Waals surface area contributed by atoms with Gasteiger partial charge in [0.15, 0.2) is 0 Å². The lowest BCUT2D eigenvalue weighted by atomic mass is 9.81. The van der Waals surface area contributed by atoms with Crippen LogP contribution in [0.3, 0.4) is 0 Å². The molecule has 1 N–H and O–H groups in total. The first-order valence-electron chi connectivity index (χ1n) is 10.4. The highest BCUT2D eigenvalue weighted by molar-refractivity contribution is 6.08. The number of hydrogen-bond donors (Lipinski definition) is 1. The van der Waals surface area contributed by atoms with E-state index in [0.717, 1.165) is 36.3 Å². The molecule has 9 heteroatoms. The van der Waals surface area contributed by atoms with Crippen molar-refractivity contribution in [3.63, 3.8) is 0 Å². The summed E-state index contributed by atoms with van der Waals surface area (Å²) < 4.78 is 39.0. The maximum absolute atomic E-state index is 13.0. The van der Waals surface area contributed by atoms with E-state index in [0.29, 0.717) is 18.4 Å². The normalized spacial score (nSPS) is 19.3. The maximum atomic E-state index is 13.0. The number of urea groups is 1. The fraction of sp³-hybridized carbons (Fsp3) is 0.591. The molecular formula is C22H28F3N3O3. The van der Waals surface area contributed by atoms with E-state index in [1.54, 1.807) is 27.0 Å². The summed E-state index contributed by atoms with van der Waals surface area (Å²) in [5.74, 6) is -0.866. The number of hydrogen-bond acceptors (Lipinski definition) is 3. The number of amides is 4. The van der Waals surface area contributed by atoms with Crippen molar-refractivity contribution >= 4 is 17.8 Å². The highest BCUT2D eigenvalue weighted by Gasteiger charge is 2.55. The predicted molar refractivity (Wildman–Crippen MR) is 108 cm³/mol. The second kappa shape index (κ2) is 8.16. The highest BCUT2D eigenvalue weighted by atomic mass is 19.4. The predicted octanol–water partition coefficient (Wildman–Crippen LogP) is 3.70. The average Bonchev–Trinajstić information content (AvgIpc) is 2.89. The Balaban J connectivity index is 1.65. The number of nitrogens with one attached hydrogen (secondary N) is 1. The van der Waals surface area contributed by atoms with Gasteiger partial charge in [0.2, 0.25) is 5.91 Å². The molecule has 1 aliphatic heterocycles. The van der Waals surface area contributed by atoms with Gasteiger partial charge in [0.1, 0.15) is 12.1 Å². The summed E-state index contributed by atoms with van der Waals surface area (Å²) in [6.45, 7) is 3.10. The van der Waals surface area contributed by atoms with Crippen LogP contribution in [0.1, 0.15) is 57.1 Å². The van der Waals surface area contributed by atoms with E-state index in [-0.39, 0.29) is 12.5 Å². The summed E-state index contributed by atoms with van der Waals surface area (Å²) in [6.07, 6.45) is -0.540. The zero-order valence-electron chi connectivity index (χ0n) is 18.0. The molecule has 2 fully saturated rings. The van der Waals surface area contributed by atoms with Crippen molar-refractivity contribution in [1.82, 2.24) is 15.1 Å². The lowest BCUT2D eigenvalue weighted by Gasteiger charge is -2.35. The van der Waals surface area contributed by atoms with Gasteiger partial charge in [-0.3, -0.25) is 14.5 Å². The third kappa shape index (κ3) is 4.41. The molecule has 1 aromatic rings.